The van der Waals surface area contributed by atoms with Crippen LogP contribution in [-0.2, 0) is 16.1 Å². The Morgan fingerprint density at radius 2 is 1.97 bits per heavy atom. The summed E-state index contributed by atoms with van der Waals surface area (Å²) in [5.74, 6) is -1.15. The smallest absolute Gasteiger partial charge is 0.345 e. The summed E-state index contributed by atoms with van der Waals surface area (Å²) in [6, 6.07) is 9.93. The Morgan fingerprint density at radius 3 is 2.61 bits per heavy atom. The van der Waals surface area contributed by atoms with Crippen molar-refractivity contribution < 1.29 is 29.6 Å². The van der Waals surface area contributed by atoms with E-state index in [-0.39, 0.29) is 30.4 Å². The zero-order valence-electron chi connectivity index (χ0n) is 17.6. The second-order valence-electron chi connectivity index (χ2n) is 7.79. The molecule has 2 heterocycles. The van der Waals surface area contributed by atoms with E-state index in [0.29, 0.717) is 12.1 Å². The summed E-state index contributed by atoms with van der Waals surface area (Å²) in [4.78, 5) is 26.0. The molecule has 0 saturated carbocycles. The van der Waals surface area contributed by atoms with Crippen LogP contribution in [0.15, 0.2) is 36.4 Å². The lowest BCUT2D eigenvalue weighted by atomic mass is 10.0. The number of aliphatic hydroxyl groups excluding tert-OH is 2. The van der Waals surface area contributed by atoms with Gasteiger partial charge in [0.05, 0.1) is 37.9 Å². The van der Waals surface area contributed by atoms with Crippen LogP contribution < -0.4 is 4.90 Å². The van der Waals surface area contributed by atoms with E-state index in [1.165, 1.54) is 6.07 Å². The summed E-state index contributed by atoms with van der Waals surface area (Å²) < 4.78 is 5.71. The Balaban J connectivity index is 1.61. The van der Waals surface area contributed by atoms with Crippen LogP contribution in [0.4, 0.5) is 5.69 Å². The van der Waals surface area contributed by atoms with Crippen LogP contribution in [0.5, 0.6) is 0 Å². The van der Waals surface area contributed by atoms with Crippen molar-refractivity contribution in [1.29, 1.82) is 0 Å². The second kappa shape index (κ2) is 10.9. The van der Waals surface area contributed by atoms with Crippen molar-refractivity contribution in [2.75, 3.05) is 11.5 Å². The van der Waals surface area contributed by atoms with Crippen LogP contribution in [0.25, 0.3) is 0 Å². The van der Waals surface area contributed by atoms with Gasteiger partial charge in [0.25, 0.3) is 0 Å². The van der Waals surface area contributed by atoms with E-state index in [0.717, 1.165) is 41.0 Å². The van der Waals surface area contributed by atoms with Crippen molar-refractivity contribution in [3.63, 3.8) is 0 Å². The number of carbonyl (C=O) groups excluding carboxylic acids is 1. The van der Waals surface area contributed by atoms with Crippen molar-refractivity contribution in [3.05, 3.63) is 51.7 Å². The molecule has 7 nitrogen and oxygen atoms in total. The fourth-order valence-corrected chi connectivity index (χ4v) is 4.54. The number of aliphatic hydroxyl groups is 2. The number of carboxylic acids is 1. The standard InChI is InChI=1S/C23H29NO6S/c1-2-3-4-5-19(25)15-6-8-16(9-7-15)24-18(20(26)12-22(24)27)14-30-13-17-10-11-21(31-17)23(28)29/h6-11,18-20,25-26H,2-5,12-14H2,1H3,(H,28,29)/t18-,19?,20?/m0/s1. The molecule has 168 valence electrons. The van der Waals surface area contributed by atoms with E-state index in [1.54, 1.807) is 23.1 Å². The monoisotopic (exact) mass is 447 g/mol. The van der Waals surface area contributed by atoms with Crippen LogP contribution in [-0.4, -0.2) is 45.9 Å². The first kappa shape index (κ1) is 23.4. The number of hydrogen-bond acceptors (Lipinski definition) is 6. The minimum absolute atomic E-state index is 0.0254. The number of nitrogens with zero attached hydrogens (tertiary/aromatic N) is 1. The van der Waals surface area contributed by atoms with Crippen molar-refractivity contribution >= 4 is 28.9 Å². The van der Waals surface area contributed by atoms with Crippen LogP contribution in [0, 0.1) is 0 Å². The number of rotatable bonds is 11. The summed E-state index contributed by atoms with van der Waals surface area (Å²) in [6.07, 6.45) is 2.51. The molecule has 0 spiro atoms. The summed E-state index contributed by atoms with van der Waals surface area (Å²) in [5, 5.41) is 29.7. The molecule has 0 bridgehead atoms. The molecule has 1 aromatic carbocycles. The molecule has 1 saturated heterocycles. The van der Waals surface area contributed by atoms with E-state index in [9.17, 15) is 19.8 Å². The van der Waals surface area contributed by atoms with Gasteiger partial charge in [-0.15, -0.1) is 11.3 Å². The van der Waals surface area contributed by atoms with Gasteiger partial charge in [0, 0.05) is 10.6 Å². The fraction of sp³-hybridized carbons (Fsp3) is 0.478. The number of ether oxygens (including phenoxy) is 1. The van der Waals surface area contributed by atoms with Crippen molar-refractivity contribution in [1.82, 2.24) is 0 Å². The van der Waals surface area contributed by atoms with Crippen LogP contribution >= 0.6 is 11.3 Å². The summed E-state index contributed by atoms with van der Waals surface area (Å²) in [5.41, 5.74) is 1.47. The Hall–Kier alpha value is -2.26. The highest BCUT2D eigenvalue weighted by Gasteiger charge is 2.39. The highest BCUT2D eigenvalue weighted by Crippen LogP contribution is 2.30. The number of carboxylic acid groups (broad SMARTS) is 1. The van der Waals surface area contributed by atoms with Crippen LogP contribution in [0.1, 0.15) is 65.2 Å². The van der Waals surface area contributed by atoms with E-state index >= 15 is 0 Å². The van der Waals surface area contributed by atoms with Gasteiger partial charge in [-0.1, -0.05) is 38.3 Å². The van der Waals surface area contributed by atoms with Crippen molar-refractivity contribution in [2.45, 2.75) is 63.9 Å². The van der Waals surface area contributed by atoms with Crippen molar-refractivity contribution in [3.8, 4) is 0 Å². The molecule has 1 aliphatic heterocycles. The molecule has 1 fully saturated rings. The number of amides is 1. The van der Waals surface area contributed by atoms with Gasteiger partial charge in [0.15, 0.2) is 0 Å². The second-order valence-corrected chi connectivity index (χ2v) is 8.96. The van der Waals surface area contributed by atoms with E-state index in [2.05, 4.69) is 6.92 Å². The SMILES string of the molecule is CCCCCC(O)c1ccc(N2C(=O)CC(O)[C@@H]2COCc2ccc(C(=O)O)s2)cc1. The topological polar surface area (TPSA) is 107 Å². The summed E-state index contributed by atoms with van der Waals surface area (Å²) in [6.45, 7) is 2.47. The van der Waals surface area contributed by atoms with Gasteiger partial charge in [0.1, 0.15) is 4.88 Å². The van der Waals surface area contributed by atoms with E-state index in [4.69, 9.17) is 9.84 Å². The minimum atomic E-state index is -0.974. The van der Waals surface area contributed by atoms with Gasteiger partial charge in [-0.05, 0) is 36.2 Å². The Bertz CT molecular complexity index is 880. The molecule has 2 aromatic rings. The minimum Gasteiger partial charge on any atom is -0.477 e. The maximum Gasteiger partial charge on any atom is 0.345 e. The number of benzene rings is 1. The van der Waals surface area contributed by atoms with Gasteiger partial charge < -0.3 is 25.0 Å². The predicted molar refractivity (Wildman–Crippen MR) is 118 cm³/mol. The highest BCUT2D eigenvalue weighted by molar-refractivity contribution is 7.13. The molecular formula is C23H29NO6S. The molecule has 3 N–H and O–H groups in total. The molecule has 8 heteroatoms. The number of thiophene rings is 1. The highest BCUT2D eigenvalue weighted by atomic mass is 32.1. The first-order chi connectivity index (χ1) is 14.9. The third-order valence-corrected chi connectivity index (χ3v) is 6.52. The van der Waals surface area contributed by atoms with E-state index in [1.807, 2.05) is 12.1 Å². The quantitative estimate of drug-likeness (QED) is 0.453. The van der Waals surface area contributed by atoms with Gasteiger partial charge in [-0.3, -0.25) is 4.79 Å². The zero-order chi connectivity index (χ0) is 22.4. The first-order valence-electron chi connectivity index (χ1n) is 10.6. The Morgan fingerprint density at radius 1 is 1.23 bits per heavy atom. The lowest BCUT2D eigenvalue weighted by molar-refractivity contribution is -0.117. The molecule has 2 unspecified atom stereocenters. The normalized spacial score (nSPS) is 19.7. The molecular weight excluding hydrogens is 418 g/mol. The number of anilines is 1. The lowest BCUT2D eigenvalue weighted by Gasteiger charge is -2.26. The summed E-state index contributed by atoms with van der Waals surface area (Å²) in [7, 11) is 0. The molecule has 1 amide bonds. The predicted octanol–water partition coefficient (Wildman–Crippen LogP) is 3.74. The van der Waals surface area contributed by atoms with Gasteiger partial charge in [0.2, 0.25) is 5.91 Å². The number of unbranched alkanes of at least 4 members (excludes halogenated alkanes) is 2. The Kier molecular flexibility index (Phi) is 8.20. The van der Waals surface area contributed by atoms with Crippen molar-refractivity contribution in [2.24, 2.45) is 0 Å². The molecule has 3 rings (SSSR count). The van der Waals surface area contributed by atoms with Crippen LogP contribution in [0.3, 0.4) is 0 Å². The third-order valence-electron chi connectivity index (χ3n) is 5.47. The van der Waals surface area contributed by atoms with Gasteiger partial charge in [-0.25, -0.2) is 4.79 Å². The molecule has 1 aliphatic rings. The maximum atomic E-state index is 12.5. The number of aromatic carboxylic acids is 1. The lowest BCUT2D eigenvalue weighted by Crippen LogP contribution is -2.40. The fourth-order valence-electron chi connectivity index (χ4n) is 3.75. The average Bonchev–Trinajstić information content (AvgIpc) is 3.33. The maximum absolute atomic E-state index is 12.5. The third kappa shape index (κ3) is 5.92. The molecule has 0 radical (unpaired) electrons. The number of carbonyl (C=O) groups is 2. The molecule has 0 aliphatic carbocycles. The first-order valence-corrected chi connectivity index (χ1v) is 11.4. The van der Waals surface area contributed by atoms with Gasteiger partial charge in [-0.2, -0.15) is 0 Å². The van der Waals surface area contributed by atoms with Crippen LogP contribution in [0.2, 0.25) is 0 Å². The Labute approximate surface area is 185 Å². The summed E-state index contributed by atoms with van der Waals surface area (Å²) >= 11 is 1.14. The molecule has 3 atom stereocenters. The number of hydrogen-bond donors (Lipinski definition) is 3. The van der Waals surface area contributed by atoms with E-state index < -0.39 is 24.2 Å². The largest absolute Gasteiger partial charge is 0.477 e. The molecule has 31 heavy (non-hydrogen) atoms. The molecule has 1 aromatic heterocycles. The van der Waals surface area contributed by atoms with Gasteiger partial charge >= 0.3 is 5.97 Å². The average molecular weight is 448 g/mol. The zero-order valence-corrected chi connectivity index (χ0v) is 18.4.